The average molecular weight is 240 g/mol. The van der Waals surface area contributed by atoms with E-state index in [-0.39, 0.29) is 0 Å². The zero-order chi connectivity index (χ0) is 12.4. The van der Waals surface area contributed by atoms with Crippen LogP contribution in [0.5, 0.6) is 5.75 Å². The third-order valence-electron chi connectivity index (χ3n) is 3.09. The molecule has 1 aliphatic rings. The second-order valence-corrected chi connectivity index (χ2v) is 4.36. The third-order valence-corrected chi connectivity index (χ3v) is 3.09. The molecular weight excluding hydrogens is 224 g/mol. The van der Waals surface area contributed by atoms with Gasteiger partial charge in [0.25, 0.3) is 0 Å². The summed E-state index contributed by atoms with van der Waals surface area (Å²) < 4.78 is 5.52. The van der Waals surface area contributed by atoms with Crippen molar-refractivity contribution in [3.8, 4) is 17.0 Å². The van der Waals surface area contributed by atoms with E-state index in [0.29, 0.717) is 0 Å². The number of hydrogen-bond acceptors (Lipinski definition) is 3. The first kappa shape index (κ1) is 11.1. The van der Waals surface area contributed by atoms with Crippen LogP contribution in [0.25, 0.3) is 11.3 Å². The van der Waals surface area contributed by atoms with Gasteiger partial charge in [0.1, 0.15) is 11.6 Å². The summed E-state index contributed by atoms with van der Waals surface area (Å²) in [5, 5.41) is 3.23. The minimum Gasteiger partial charge on any atom is -0.493 e. The van der Waals surface area contributed by atoms with Crippen molar-refractivity contribution in [2.75, 3.05) is 18.5 Å². The molecule has 1 aromatic carbocycles. The zero-order valence-electron chi connectivity index (χ0n) is 10.4. The van der Waals surface area contributed by atoms with Crippen molar-refractivity contribution in [3.63, 3.8) is 0 Å². The van der Waals surface area contributed by atoms with E-state index in [0.717, 1.165) is 42.4 Å². The van der Waals surface area contributed by atoms with Gasteiger partial charge in [0, 0.05) is 18.5 Å². The molecule has 1 aliphatic heterocycles. The molecule has 0 saturated heterocycles. The van der Waals surface area contributed by atoms with E-state index in [4.69, 9.17) is 4.74 Å². The SMILES string of the molecule is CCNc1cccc(-c2ccc3c(c2)CCO3)n1. The largest absolute Gasteiger partial charge is 0.493 e. The molecule has 0 bridgehead atoms. The summed E-state index contributed by atoms with van der Waals surface area (Å²) in [4.78, 5) is 4.61. The van der Waals surface area contributed by atoms with Gasteiger partial charge < -0.3 is 10.1 Å². The van der Waals surface area contributed by atoms with Gasteiger partial charge in [-0.05, 0) is 42.8 Å². The third kappa shape index (κ3) is 2.04. The van der Waals surface area contributed by atoms with Gasteiger partial charge in [0.2, 0.25) is 0 Å². The van der Waals surface area contributed by atoms with E-state index >= 15 is 0 Å². The maximum absolute atomic E-state index is 5.52. The Morgan fingerprint density at radius 2 is 2.22 bits per heavy atom. The molecule has 3 nitrogen and oxygen atoms in total. The summed E-state index contributed by atoms with van der Waals surface area (Å²) >= 11 is 0. The maximum atomic E-state index is 5.52. The highest BCUT2D eigenvalue weighted by Gasteiger charge is 2.13. The monoisotopic (exact) mass is 240 g/mol. The van der Waals surface area contributed by atoms with Crippen LogP contribution in [0.3, 0.4) is 0 Å². The second kappa shape index (κ2) is 4.69. The summed E-state index contributed by atoms with van der Waals surface area (Å²) in [5.74, 6) is 1.94. The number of fused-ring (bicyclic) bond motifs is 1. The lowest BCUT2D eigenvalue weighted by Crippen LogP contribution is -1.99. The number of rotatable bonds is 3. The highest BCUT2D eigenvalue weighted by Crippen LogP contribution is 2.30. The number of pyridine rings is 1. The summed E-state index contributed by atoms with van der Waals surface area (Å²) in [6, 6.07) is 12.4. The molecule has 0 fully saturated rings. The normalized spacial score (nSPS) is 12.9. The van der Waals surface area contributed by atoms with Crippen LogP contribution < -0.4 is 10.1 Å². The zero-order valence-corrected chi connectivity index (χ0v) is 10.4. The first-order valence-corrected chi connectivity index (χ1v) is 6.34. The van der Waals surface area contributed by atoms with E-state index in [1.54, 1.807) is 0 Å². The number of benzene rings is 1. The molecule has 18 heavy (non-hydrogen) atoms. The predicted octanol–water partition coefficient (Wildman–Crippen LogP) is 3.12. The summed E-state index contributed by atoms with van der Waals surface area (Å²) in [7, 11) is 0. The number of nitrogens with zero attached hydrogens (tertiary/aromatic N) is 1. The molecular formula is C15H16N2O. The van der Waals surface area contributed by atoms with Crippen LogP contribution in [-0.2, 0) is 6.42 Å². The van der Waals surface area contributed by atoms with Crippen LogP contribution in [-0.4, -0.2) is 18.1 Å². The Hall–Kier alpha value is -2.03. The highest BCUT2D eigenvalue weighted by molar-refractivity contribution is 5.64. The molecule has 2 heterocycles. The van der Waals surface area contributed by atoms with Crippen LogP contribution in [0.1, 0.15) is 12.5 Å². The number of aromatic nitrogens is 1. The second-order valence-electron chi connectivity index (χ2n) is 4.36. The van der Waals surface area contributed by atoms with E-state index in [1.165, 1.54) is 5.56 Å². The molecule has 0 saturated carbocycles. The lowest BCUT2D eigenvalue weighted by Gasteiger charge is -2.07. The van der Waals surface area contributed by atoms with Crippen LogP contribution >= 0.6 is 0 Å². The highest BCUT2D eigenvalue weighted by atomic mass is 16.5. The van der Waals surface area contributed by atoms with Crippen molar-refractivity contribution in [1.82, 2.24) is 4.98 Å². The van der Waals surface area contributed by atoms with Crippen LogP contribution in [0.15, 0.2) is 36.4 Å². The number of nitrogens with one attached hydrogen (secondary N) is 1. The summed E-state index contributed by atoms with van der Waals surface area (Å²) in [6.07, 6.45) is 0.996. The average Bonchev–Trinajstić information content (AvgIpc) is 2.86. The molecule has 3 heteroatoms. The van der Waals surface area contributed by atoms with Gasteiger partial charge in [-0.2, -0.15) is 0 Å². The van der Waals surface area contributed by atoms with Crippen molar-refractivity contribution in [2.24, 2.45) is 0 Å². The van der Waals surface area contributed by atoms with E-state index in [9.17, 15) is 0 Å². The Morgan fingerprint density at radius 3 is 3.11 bits per heavy atom. The smallest absolute Gasteiger partial charge is 0.126 e. The molecule has 3 rings (SSSR count). The fourth-order valence-corrected chi connectivity index (χ4v) is 2.22. The van der Waals surface area contributed by atoms with Crippen molar-refractivity contribution < 1.29 is 4.74 Å². The van der Waals surface area contributed by atoms with Gasteiger partial charge >= 0.3 is 0 Å². The fraction of sp³-hybridized carbons (Fsp3) is 0.267. The van der Waals surface area contributed by atoms with Crippen LogP contribution in [0.2, 0.25) is 0 Å². The predicted molar refractivity (Wildman–Crippen MR) is 73.0 cm³/mol. The topological polar surface area (TPSA) is 34.1 Å². The van der Waals surface area contributed by atoms with E-state index < -0.39 is 0 Å². The van der Waals surface area contributed by atoms with Crippen molar-refractivity contribution in [1.29, 1.82) is 0 Å². The van der Waals surface area contributed by atoms with Crippen LogP contribution in [0, 0.1) is 0 Å². The Bertz CT molecular complexity index is 566. The first-order valence-electron chi connectivity index (χ1n) is 6.34. The van der Waals surface area contributed by atoms with Gasteiger partial charge in [-0.25, -0.2) is 4.98 Å². The lowest BCUT2D eigenvalue weighted by atomic mass is 10.1. The number of ether oxygens (including phenoxy) is 1. The Morgan fingerprint density at radius 1 is 1.28 bits per heavy atom. The fourth-order valence-electron chi connectivity index (χ4n) is 2.22. The Kier molecular flexibility index (Phi) is 2.89. The minimum absolute atomic E-state index is 0.795. The molecule has 92 valence electrons. The molecule has 0 aliphatic carbocycles. The molecule has 1 N–H and O–H groups in total. The lowest BCUT2D eigenvalue weighted by molar-refractivity contribution is 0.357. The molecule has 0 radical (unpaired) electrons. The van der Waals surface area contributed by atoms with Crippen LogP contribution in [0.4, 0.5) is 5.82 Å². The first-order chi connectivity index (χ1) is 8.86. The maximum Gasteiger partial charge on any atom is 0.126 e. The Balaban J connectivity index is 1.96. The number of hydrogen-bond donors (Lipinski definition) is 1. The minimum atomic E-state index is 0.795. The van der Waals surface area contributed by atoms with Gasteiger partial charge in [0.05, 0.1) is 12.3 Å². The molecule has 0 unspecified atom stereocenters. The summed E-state index contributed by atoms with van der Waals surface area (Å²) in [5.41, 5.74) is 3.44. The standard InChI is InChI=1S/C15H16N2O/c1-2-16-15-5-3-4-13(17-15)11-6-7-14-12(10-11)8-9-18-14/h3-7,10H,2,8-9H2,1H3,(H,16,17). The van der Waals surface area contributed by atoms with Gasteiger partial charge in [-0.1, -0.05) is 6.07 Å². The summed E-state index contributed by atoms with van der Waals surface area (Å²) in [6.45, 7) is 3.75. The molecule has 2 aromatic rings. The van der Waals surface area contributed by atoms with Gasteiger partial charge in [0.15, 0.2) is 0 Å². The molecule has 0 amide bonds. The number of anilines is 1. The van der Waals surface area contributed by atoms with Gasteiger partial charge in [-0.15, -0.1) is 0 Å². The van der Waals surface area contributed by atoms with Crippen molar-refractivity contribution in [3.05, 3.63) is 42.0 Å². The van der Waals surface area contributed by atoms with E-state index in [2.05, 4.69) is 29.4 Å². The Labute approximate surface area is 107 Å². The van der Waals surface area contributed by atoms with E-state index in [1.807, 2.05) is 24.3 Å². The van der Waals surface area contributed by atoms with Crippen molar-refractivity contribution in [2.45, 2.75) is 13.3 Å². The van der Waals surface area contributed by atoms with Crippen molar-refractivity contribution >= 4 is 5.82 Å². The molecule has 0 atom stereocenters. The van der Waals surface area contributed by atoms with Gasteiger partial charge in [-0.3, -0.25) is 0 Å². The molecule has 1 aromatic heterocycles. The quantitative estimate of drug-likeness (QED) is 0.895. The molecule has 0 spiro atoms.